The van der Waals surface area contributed by atoms with E-state index in [-0.39, 0.29) is 24.0 Å². The summed E-state index contributed by atoms with van der Waals surface area (Å²) in [5.41, 5.74) is -0.318. The molecule has 0 saturated heterocycles. The summed E-state index contributed by atoms with van der Waals surface area (Å²) in [5.74, 6) is 0.417. The second kappa shape index (κ2) is 7.09. The molecule has 0 fully saturated rings. The Balaban J connectivity index is 1.92. The number of aliphatic hydroxyl groups is 1. The van der Waals surface area contributed by atoms with E-state index in [1.807, 2.05) is 25.1 Å². The van der Waals surface area contributed by atoms with E-state index in [4.69, 9.17) is 4.42 Å². The number of nitrogens with one attached hydrogen (secondary N) is 2. The van der Waals surface area contributed by atoms with E-state index in [2.05, 4.69) is 36.6 Å². The zero-order valence-electron chi connectivity index (χ0n) is 14.7. The fourth-order valence-electron chi connectivity index (χ4n) is 2.47. The quantitative estimate of drug-likeness (QED) is 0.761. The summed E-state index contributed by atoms with van der Waals surface area (Å²) in [7, 11) is 0. The Morgan fingerprint density at radius 1 is 1.17 bits per heavy atom. The Morgan fingerprint density at radius 2 is 1.83 bits per heavy atom. The first kappa shape index (κ1) is 18.1. The van der Waals surface area contributed by atoms with Gasteiger partial charge in [-0.2, -0.15) is 0 Å². The van der Waals surface area contributed by atoms with Crippen molar-refractivity contribution in [3.05, 3.63) is 60.1 Å². The van der Waals surface area contributed by atoms with Crippen LogP contribution >= 0.6 is 0 Å². The lowest BCUT2D eigenvalue weighted by atomic mass is 9.78. The van der Waals surface area contributed by atoms with Gasteiger partial charge in [-0.3, -0.25) is 0 Å². The van der Waals surface area contributed by atoms with Crippen molar-refractivity contribution >= 4 is 6.03 Å². The lowest BCUT2D eigenvalue weighted by molar-refractivity contribution is 0.0366. The van der Waals surface area contributed by atoms with Crippen LogP contribution in [0.5, 0.6) is 0 Å². The molecule has 130 valence electrons. The van der Waals surface area contributed by atoms with Gasteiger partial charge in [-0.25, -0.2) is 4.79 Å². The van der Waals surface area contributed by atoms with Gasteiger partial charge in [0, 0.05) is 11.5 Å². The van der Waals surface area contributed by atoms with Crippen LogP contribution in [0, 0.1) is 0 Å². The fraction of sp³-hybridized carbons (Fsp3) is 0.421. The number of urea groups is 1. The Morgan fingerprint density at radius 3 is 2.42 bits per heavy atom. The van der Waals surface area contributed by atoms with Crippen LogP contribution in [0.25, 0.3) is 0 Å². The van der Waals surface area contributed by atoms with Gasteiger partial charge in [0.05, 0.1) is 12.8 Å². The zero-order valence-corrected chi connectivity index (χ0v) is 14.7. The number of hydrogen-bond acceptors (Lipinski definition) is 3. The molecule has 0 bridgehead atoms. The Kier molecular flexibility index (Phi) is 5.34. The van der Waals surface area contributed by atoms with Crippen LogP contribution in [0.3, 0.4) is 0 Å². The van der Waals surface area contributed by atoms with Crippen molar-refractivity contribution in [2.75, 3.05) is 6.54 Å². The van der Waals surface area contributed by atoms with Crippen molar-refractivity contribution < 1.29 is 14.3 Å². The predicted molar refractivity (Wildman–Crippen MR) is 93.7 cm³/mol. The van der Waals surface area contributed by atoms with Crippen molar-refractivity contribution in [1.29, 1.82) is 0 Å². The van der Waals surface area contributed by atoms with Gasteiger partial charge in [-0.05, 0) is 31.5 Å². The first-order chi connectivity index (χ1) is 11.2. The van der Waals surface area contributed by atoms with Gasteiger partial charge in [0.25, 0.3) is 0 Å². The molecule has 0 aliphatic rings. The summed E-state index contributed by atoms with van der Waals surface area (Å²) in [4.78, 5) is 12.2. The van der Waals surface area contributed by atoms with Crippen LogP contribution in [0.4, 0.5) is 4.79 Å². The third kappa shape index (κ3) is 4.17. The van der Waals surface area contributed by atoms with Crippen molar-refractivity contribution in [1.82, 2.24) is 10.6 Å². The minimum atomic E-state index is -1.25. The van der Waals surface area contributed by atoms with Gasteiger partial charge in [-0.15, -0.1) is 0 Å². The molecule has 2 aromatic rings. The molecular weight excluding hydrogens is 304 g/mol. The van der Waals surface area contributed by atoms with Crippen molar-refractivity contribution in [2.45, 2.75) is 44.8 Å². The SMILES string of the molecule is CC(NC(=O)NCC(C)(O)c1ccco1)C(C)(C)c1ccccc1. The summed E-state index contributed by atoms with van der Waals surface area (Å²) in [6, 6.07) is 13.0. The number of furan rings is 1. The van der Waals surface area contributed by atoms with E-state index in [0.717, 1.165) is 5.56 Å². The third-order valence-electron chi connectivity index (χ3n) is 4.59. The van der Waals surface area contributed by atoms with Gasteiger partial charge < -0.3 is 20.2 Å². The molecule has 0 aliphatic heterocycles. The number of amides is 2. The van der Waals surface area contributed by atoms with Crippen molar-refractivity contribution in [3.63, 3.8) is 0 Å². The van der Waals surface area contributed by atoms with Crippen LogP contribution in [0.1, 0.15) is 39.0 Å². The summed E-state index contributed by atoms with van der Waals surface area (Å²) in [5, 5.41) is 16.0. The topological polar surface area (TPSA) is 74.5 Å². The molecule has 2 atom stereocenters. The van der Waals surface area contributed by atoms with E-state index < -0.39 is 5.60 Å². The fourth-order valence-corrected chi connectivity index (χ4v) is 2.47. The molecule has 3 N–H and O–H groups in total. The molecule has 24 heavy (non-hydrogen) atoms. The van der Waals surface area contributed by atoms with Gasteiger partial charge in [0.1, 0.15) is 11.4 Å². The molecule has 5 heteroatoms. The second-order valence-electron chi connectivity index (χ2n) is 6.89. The van der Waals surface area contributed by atoms with E-state index >= 15 is 0 Å². The Labute approximate surface area is 143 Å². The van der Waals surface area contributed by atoms with Crippen LogP contribution in [0.2, 0.25) is 0 Å². The lowest BCUT2D eigenvalue weighted by Crippen LogP contribution is -2.51. The summed E-state index contributed by atoms with van der Waals surface area (Å²) in [6.07, 6.45) is 1.49. The average molecular weight is 330 g/mol. The molecule has 0 saturated carbocycles. The maximum Gasteiger partial charge on any atom is 0.315 e. The second-order valence-corrected chi connectivity index (χ2v) is 6.89. The van der Waals surface area contributed by atoms with Gasteiger partial charge in [0.2, 0.25) is 0 Å². The smallest absolute Gasteiger partial charge is 0.315 e. The molecule has 0 radical (unpaired) electrons. The van der Waals surface area contributed by atoms with Crippen LogP contribution < -0.4 is 10.6 Å². The average Bonchev–Trinajstić information content (AvgIpc) is 3.09. The Bertz CT molecular complexity index is 649. The molecule has 0 spiro atoms. The minimum absolute atomic E-state index is 0.0603. The van der Waals surface area contributed by atoms with E-state index in [1.165, 1.54) is 6.26 Å². The summed E-state index contributed by atoms with van der Waals surface area (Å²) in [6.45, 7) is 7.81. The summed E-state index contributed by atoms with van der Waals surface area (Å²) < 4.78 is 5.20. The first-order valence-corrected chi connectivity index (χ1v) is 8.10. The number of carbonyl (C=O) groups excluding carboxylic acids is 1. The van der Waals surface area contributed by atoms with E-state index in [9.17, 15) is 9.90 Å². The maximum atomic E-state index is 12.2. The number of hydrogen-bond donors (Lipinski definition) is 3. The van der Waals surface area contributed by atoms with E-state index in [1.54, 1.807) is 19.1 Å². The highest BCUT2D eigenvalue weighted by Gasteiger charge is 2.30. The maximum absolute atomic E-state index is 12.2. The minimum Gasteiger partial charge on any atom is -0.466 e. The summed E-state index contributed by atoms with van der Waals surface area (Å²) >= 11 is 0. The Hall–Kier alpha value is -2.27. The molecule has 2 unspecified atom stereocenters. The molecule has 0 aliphatic carbocycles. The number of carbonyl (C=O) groups is 1. The lowest BCUT2D eigenvalue weighted by Gasteiger charge is -2.33. The highest BCUT2D eigenvalue weighted by Crippen LogP contribution is 2.26. The highest BCUT2D eigenvalue weighted by molar-refractivity contribution is 5.74. The standard InChI is InChI=1S/C19H26N2O3/c1-14(18(2,3)15-9-6-5-7-10-15)21-17(22)20-13-19(4,23)16-11-8-12-24-16/h5-12,14,23H,13H2,1-4H3,(H2,20,21,22). The number of benzene rings is 1. The molecule has 2 amide bonds. The molecule has 2 rings (SSSR count). The third-order valence-corrected chi connectivity index (χ3v) is 4.59. The number of rotatable bonds is 6. The molecule has 5 nitrogen and oxygen atoms in total. The first-order valence-electron chi connectivity index (χ1n) is 8.10. The molecular formula is C19H26N2O3. The van der Waals surface area contributed by atoms with Crippen LogP contribution in [-0.4, -0.2) is 23.7 Å². The van der Waals surface area contributed by atoms with Crippen molar-refractivity contribution in [2.24, 2.45) is 0 Å². The van der Waals surface area contributed by atoms with Gasteiger partial charge >= 0.3 is 6.03 Å². The van der Waals surface area contributed by atoms with Gasteiger partial charge in [0.15, 0.2) is 0 Å². The predicted octanol–water partition coefficient (Wildman–Crippen LogP) is 3.15. The van der Waals surface area contributed by atoms with E-state index in [0.29, 0.717) is 5.76 Å². The molecule has 1 aromatic carbocycles. The largest absolute Gasteiger partial charge is 0.466 e. The van der Waals surface area contributed by atoms with Gasteiger partial charge in [-0.1, -0.05) is 44.2 Å². The monoisotopic (exact) mass is 330 g/mol. The molecule has 1 aromatic heterocycles. The normalized spacial score (nSPS) is 15.4. The van der Waals surface area contributed by atoms with Crippen LogP contribution in [0.15, 0.2) is 53.1 Å². The van der Waals surface area contributed by atoms with Crippen molar-refractivity contribution in [3.8, 4) is 0 Å². The highest BCUT2D eigenvalue weighted by atomic mass is 16.4. The molecule has 1 heterocycles. The van der Waals surface area contributed by atoms with Crippen LogP contribution in [-0.2, 0) is 11.0 Å². The zero-order chi connectivity index (χ0) is 17.8.